The molecule has 0 aliphatic carbocycles. The number of allylic oxidation sites excluding steroid dienone is 1. The maximum absolute atomic E-state index is 15.7. The molecule has 14 heteroatoms. The summed E-state index contributed by atoms with van der Waals surface area (Å²) in [6.45, 7) is 9.35. The summed E-state index contributed by atoms with van der Waals surface area (Å²) >= 11 is 0. The Bertz CT molecular complexity index is 2250. The molecule has 0 radical (unpaired) electrons. The van der Waals surface area contributed by atoms with Crippen molar-refractivity contribution < 1.29 is 31.9 Å². The summed E-state index contributed by atoms with van der Waals surface area (Å²) in [5.74, 6) is -1.48. The molecule has 59 heavy (non-hydrogen) atoms. The number of H-pyrrole nitrogens is 1. The molecule has 10 nitrogen and oxygen atoms in total. The van der Waals surface area contributed by atoms with E-state index in [1.54, 1.807) is 4.90 Å². The number of benzene rings is 3. The number of amides is 1. The Morgan fingerprint density at radius 1 is 1.00 bits per heavy atom. The maximum Gasteiger partial charge on any atom is 0.255 e. The SMILES string of the molecule is C=C(CCC(C=O)N1Cc2cc3c(cc2C1=O)CN(C)C3)NC.O=CCN1CCC2(C1)CN(c1cc(F)c([C@@H]3c4[nH]c5ccccc5c4CCN3CC(F)F)c(F)c1)C2. The number of likely N-dealkylation sites (tertiary alicyclic amines) is 1. The lowest BCUT2D eigenvalue weighted by Gasteiger charge is -2.49. The van der Waals surface area contributed by atoms with Gasteiger partial charge in [0.2, 0.25) is 0 Å². The molecule has 2 N–H and O–H groups in total. The highest BCUT2D eigenvalue weighted by Gasteiger charge is 2.48. The lowest BCUT2D eigenvalue weighted by atomic mass is 9.78. The second-order valence-electron chi connectivity index (χ2n) is 16.9. The van der Waals surface area contributed by atoms with Crippen molar-refractivity contribution in [3.8, 4) is 0 Å². The van der Waals surface area contributed by atoms with Crippen LogP contribution in [-0.2, 0) is 35.6 Å². The number of hydrogen-bond acceptors (Lipinski definition) is 8. The van der Waals surface area contributed by atoms with Crippen molar-refractivity contribution in [2.45, 2.75) is 63.8 Å². The van der Waals surface area contributed by atoms with Crippen LogP contribution in [-0.4, -0.2) is 115 Å². The number of nitrogens with zero attached hydrogens (tertiary/aromatic N) is 5. The van der Waals surface area contributed by atoms with Gasteiger partial charge in [0.05, 0.1) is 25.2 Å². The number of aromatic amines is 1. The van der Waals surface area contributed by atoms with Gasteiger partial charge in [-0.1, -0.05) is 30.8 Å². The predicted octanol–water partition coefficient (Wildman–Crippen LogP) is 6.04. The number of hydrogen-bond donors (Lipinski definition) is 2. The molecule has 9 rings (SSSR count). The van der Waals surface area contributed by atoms with Crippen LogP contribution >= 0.6 is 0 Å². The number of rotatable bonds is 12. The molecule has 4 aromatic rings. The van der Waals surface area contributed by atoms with E-state index in [0.29, 0.717) is 56.8 Å². The van der Waals surface area contributed by atoms with Gasteiger partial charge in [0.15, 0.2) is 0 Å². The van der Waals surface area contributed by atoms with Crippen molar-refractivity contribution in [1.82, 2.24) is 29.9 Å². The molecule has 312 valence electrons. The van der Waals surface area contributed by atoms with Gasteiger partial charge in [-0.05, 0) is 85.8 Å². The van der Waals surface area contributed by atoms with E-state index in [4.69, 9.17) is 0 Å². The number of nitrogens with one attached hydrogen (secondary N) is 2. The molecule has 1 spiro atoms. The summed E-state index contributed by atoms with van der Waals surface area (Å²) < 4.78 is 58.3. The van der Waals surface area contributed by atoms with E-state index in [2.05, 4.69) is 39.8 Å². The molecule has 5 aliphatic heterocycles. The summed E-state index contributed by atoms with van der Waals surface area (Å²) in [5.41, 5.74) is 7.86. The minimum Gasteiger partial charge on any atom is -0.392 e. The highest BCUT2D eigenvalue weighted by Crippen LogP contribution is 2.45. The first kappa shape index (κ1) is 40.7. The van der Waals surface area contributed by atoms with Crippen molar-refractivity contribution >= 4 is 35.1 Å². The van der Waals surface area contributed by atoms with Gasteiger partial charge >= 0.3 is 0 Å². The number of alkyl halides is 2. The third kappa shape index (κ3) is 7.89. The standard InChI is InChI=1S/C27H28F4N4O.C18H23N3O2/c28-20-11-17(35-15-27(16-35)6-8-33(14-27)9-10-36)12-21(29)24(20)26-25-19(5-7-34(26)13-23(30)31)18-3-1-2-4-22(18)32-25;1-12(19-2)4-5-16(11-22)21-10-15-6-13-8-20(3)9-14(13)7-17(15)18(21)23/h1-4,10-12,23,26,32H,5-9,13-16H2;6-7,11,16,19H,1,4-5,8-10H2,2-3H3/t26-;/m1./s1. The monoisotopic (exact) mass is 813 g/mol. The third-order valence-electron chi connectivity index (χ3n) is 12.9. The molecule has 0 saturated carbocycles. The quantitative estimate of drug-likeness (QED) is 0.132. The molecule has 1 unspecified atom stereocenters. The van der Waals surface area contributed by atoms with Crippen LogP contribution in [0.25, 0.3) is 10.9 Å². The van der Waals surface area contributed by atoms with Crippen molar-refractivity contribution in [3.05, 3.63) is 112 Å². The van der Waals surface area contributed by atoms with Crippen molar-refractivity contribution in [1.29, 1.82) is 0 Å². The predicted molar refractivity (Wildman–Crippen MR) is 218 cm³/mol. The van der Waals surface area contributed by atoms with E-state index >= 15 is 8.78 Å². The van der Waals surface area contributed by atoms with Gasteiger partial charge in [0.1, 0.15) is 24.2 Å². The molecule has 0 bridgehead atoms. The van der Waals surface area contributed by atoms with Gasteiger partial charge in [-0.2, -0.15) is 0 Å². The van der Waals surface area contributed by atoms with Gasteiger partial charge in [0, 0.05) is 97.4 Å². The zero-order valence-electron chi connectivity index (χ0n) is 33.6. The van der Waals surface area contributed by atoms with Crippen LogP contribution in [0.4, 0.5) is 23.2 Å². The van der Waals surface area contributed by atoms with Crippen LogP contribution in [0.3, 0.4) is 0 Å². The van der Waals surface area contributed by atoms with Gasteiger partial charge < -0.3 is 29.7 Å². The highest BCUT2D eigenvalue weighted by molar-refractivity contribution is 6.00. The Labute approximate surface area is 341 Å². The average molecular weight is 814 g/mol. The second-order valence-corrected chi connectivity index (χ2v) is 16.9. The molecule has 6 heterocycles. The topological polar surface area (TPSA) is 95.2 Å². The third-order valence-corrected chi connectivity index (χ3v) is 12.9. The van der Waals surface area contributed by atoms with E-state index in [1.807, 2.05) is 42.3 Å². The van der Waals surface area contributed by atoms with Crippen LogP contribution in [0.1, 0.15) is 69.2 Å². The van der Waals surface area contributed by atoms with Crippen LogP contribution in [0.15, 0.2) is 60.8 Å². The smallest absolute Gasteiger partial charge is 0.255 e. The zero-order chi connectivity index (χ0) is 41.6. The zero-order valence-corrected chi connectivity index (χ0v) is 33.6. The van der Waals surface area contributed by atoms with Gasteiger partial charge in [-0.15, -0.1) is 0 Å². The molecule has 2 fully saturated rings. The van der Waals surface area contributed by atoms with E-state index in [0.717, 1.165) is 78.5 Å². The number of aromatic nitrogens is 1. The summed E-state index contributed by atoms with van der Waals surface area (Å²) in [6, 6.07) is 13.1. The molecule has 3 aromatic carbocycles. The highest BCUT2D eigenvalue weighted by atomic mass is 19.3. The van der Waals surface area contributed by atoms with Gasteiger partial charge in [-0.3, -0.25) is 19.5 Å². The van der Waals surface area contributed by atoms with Crippen LogP contribution in [0, 0.1) is 17.0 Å². The number of fused-ring (bicyclic) bond motifs is 5. The molecular weight excluding hydrogens is 763 g/mol. The van der Waals surface area contributed by atoms with E-state index in [-0.39, 0.29) is 23.4 Å². The Morgan fingerprint density at radius 3 is 2.42 bits per heavy atom. The van der Waals surface area contributed by atoms with Gasteiger partial charge in [0.25, 0.3) is 12.3 Å². The molecule has 5 aliphatic rings. The first-order chi connectivity index (χ1) is 28.4. The largest absolute Gasteiger partial charge is 0.392 e. The van der Waals surface area contributed by atoms with Crippen LogP contribution in [0.5, 0.6) is 0 Å². The van der Waals surface area contributed by atoms with Crippen molar-refractivity contribution in [2.75, 3.05) is 64.8 Å². The van der Waals surface area contributed by atoms with E-state index in [9.17, 15) is 23.2 Å². The van der Waals surface area contributed by atoms with E-state index < -0.39 is 36.7 Å². The fourth-order valence-electron chi connectivity index (χ4n) is 9.92. The van der Waals surface area contributed by atoms with E-state index in [1.165, 1.54) is 28.2 Å². The van der Waals surface area contributed by atoms with Gasteiger partial charge in [-0.25, -0.2) is 17.6 Å². The Balaban J connectivity index is 0.000000182. The number of carbonyl (C=O) groups excluding carboxylic acids is 3. The lowest BCUT2D eigenvalue weighted by molar-refractivity contribution is -0.112. The van der Waals surface area contributed by atoms with Crippen LogP contribution in [0.2, 0.25) is 0 Å². The first-order valence-electron chi connectivity index (χ1n) is 20.4. The fourth-order valence-corrected chi connectivity index (χ4v) is 9.92. The number of aldehydes is 2. The first-order valence-corrected chi connectivity index (χ1v) is 20.4. The lowest BCUT2D eigenvalue weighted by Crippen LogP contribution is -2.57. The summed E-state index contributed by atoms with van der Waals surface area (Å²) in [4.78, 5) is 47.7. The summed E-state index contributed by atoms with van der Waals surface area (Å²) in [5, 5.41) is 3.94. The number of carbonyl (C=O) groups is 3. The Hall–Kier alpha value is -5.05. The maximum atomic E-state index is 15.7. The summed E-state index contributed by atoms with van der Waals surface area (Å²) in [7, 11) is 3.89. The number of halogens is 4. The summed E-state index contributed by atoms with van der Waals surface area (Å²) in [6.07, 6.45) is 1.93. The molecule has 1 aromatic heterocycles. The normalized spacial score (nSPS) is 20.3. The minimum atomic E-state index is -2.62. The molecule has 2 atom stereocenters. The second kappa shape index (κ2) is 16.5. The Kier molecular flexibility index (Phi) is 11.4. The van der Waals surface area contributed by atoms with Crippen molar-refractivity contribution in [3.63, 3.8) is 0 Å². The number of anilines is 1. The van der Waals surface area contributed by atoms with Crippen molar-refractivity contribution in [2.24, 2.45) is 5.41 Å². The molecular formula is C45H51F4N7O3. The number of para-hydroxylation sites is 1. The average Bonchev–Trinajstić information content (AvgIpc) is 3.97. The Morgan fingerprint density at radius 2 is 1.73 bits per heavy atom. The molecule has 2 saturated heterocycles. The fraction of sp³-hybridized carbons (Fsp3) is 0.444. The minimum absolute atomic E-state index is 0.0236. The van der Waals surface area contributed by atoms with Crippen LogP contribution < -0.4 is 10.2 Å². The molecule has 1 amide bonds.